The molecule has 22 heavy (non-hydrogen) atoms. The third kappa shape index (κ3) is 5.13. The summed E-state index contributed by atoms with van der Waals surface area (Å²) in [6.07, 6.45) is 2.96. The van der Waals surface area contributed by atoms with E-state index in [0.717, 1.165) is 31.5 Å². The van der Waals surface area contributed by atoms with Gasteiger partial charge in [-0.15, -0.1) is 0 Å². The van der Waals surface area contributed by atoms with Gasteiger partial charge in [-0.25, -0.2) is 0 Å². The smallest absolute Gasteiger partial charge is 0.222 e. The number of ether oxygens (including phenoxy) is 1. The number of nitrogens with zero attached hydrogens (tertiary/aromatic N) is 1. The lowest BCUT2D eigenvalue weighted by atomic mass is 10.1. The summed E-state index contributed by atoms with van der Waals surface area (Å²) < 4.78 is 5.36. The summed E-state index contributed by atoms with van der Waals surface area (Å²) in [7, 11) is 0. The molecule has 0 saturated heterocycles. The Morgan fingerprint density at radius 1 is 1.23 bits per heavy atom. The molecule has 0 unspecified atom stereocenters. The zero-order valence-electron chi connectivity index (χ0n) is 13.9. The number of rotatable bonds is 9. The second-order valence-electron chi connectivity index (χ2n) is 5.35. The molecule has 0 aliphatic carbocycles. The van der Waals surface area contributed by atoms with Crippen LogP contribution in [-0.2, 0) is 11.2 Å². The van der Waals surface area contributed by atoms with Crippen molar-refractivity contribution in [3.8, 4) is 11.5 Å². The maximum atomic E-state index is 12.3. The van der Waals surface area contributed by atoms with Gasteiger partial charge in [0.2, 0.25) is 5.91 Å². The van der Waals surface area contributed by atoms with E-state index in [2.05, 4.69) is 13.8 Å². The Morgan fingerprint density at radius 3 is 2.41 bits per heavy atom. The van der Waals surface area contributed by atoms with Crippen LogP contribution in [0.15, 0.2) is 12.1 Å². The molecule has 5 nitrogen and oxygen atoms in total. The van der Waals surface area contributed by atoms with E-state index >= 15 is 0 Å². The summed E-state index contributed by atoms with van der Waals surface area (Å²) in [5, 5.41) is 9.83. The number of anilines is 1. The van der Waals surface area contributed by atoms with Gasteiger partial charge in [0.15, 0.2) is 11.5 Å². The Kier molecular flexibility index (Phi) is 7.57. The Balaban J connectivity index is 2.72. The highest BCUT2D eigenvalue weighted by atomic mass is 16.5. The molecule has 0 atom stereocenters. The molecule has 0 bridgehead atoms. The first kappa shape index (κ1) is 18.1. The number of amides is 1. The van der Waals surface area contributed by atoms with Crippen LogP contribution in [0, 0.1) is 0 Å². The van der Waals surface area contributed by atoms with E-state index in [0.29, 0.717) is 25.2 Å². The molecule has 0 spiro atoms. The van der Waals surface area contributed by atoms with Crippen molar-refractivity contribution in [2.24, 2.45) is 0 Å². The number of nitrogen functional groups attached to an aromatic ring is 1. The number of carbonyl (C=O) groups is 1. The fourth-order valence-corrected chi connectivity index (χ4v) is 2.41. The molecule has 0 fully saturated rings. The van der Waals surface area contributed by atoms with Gasteiger partial charge in [0, 0.05) is 19.5 Å². The monoisotopic (exact) mass is 308 g/mol. The number of benzene rings is 1. The molecule has 0 heterocycles. The van der Waals surface area contributed by atoms with Crippen molar-refractivity contribution >= 4 is 11.6 Å². The first-order chi connectivity index (χ1) is 10.5. The van der Waals surface area contributed by atoms with E-state index in [1.165, 1.54) is 0 Å². The highest BCUT2D eigenvalue weighted by Gasteiger charge is 2.13. The Bertz CT molecular complexity index is 483. The summed E-state index contributed by atoms with van der Waals surface area (Å²) in [6, 6.07) is 3.46. The van der Waals surface area contributed by atoms with Crippen LogP contribution in [0.4, 0.5) is 5.69 Å². The molecule has 0 aliphatic rings. The molecular weight excluding hydrogens is 280 g/mol. The Labute approximate surface area is 133 Å². The molecule has 0 saturated carbocycles. The van der Waals surface area contributed by atoms with Crippen molar-refractivity contribution in [1.82, 2.24) is 4.90 Å². The van der Waals surface area contributed by atoms with Crippen LogP contribution in [0.2, 0.25) is 0 Å². The lowest BCUT2D eigenvalue weighted by molar-refractivity contribution is -0.131. The van der Waals surface area contributed by atoms with Crippen LogP contribution >= 0.6 is 0 Å². The summed E-state index contributed by atoms with van der Waals surface area (Å²) in [5.41, 5.74) is 6.98. The Morgan fingerprint density at radius 2 is 1.86 bits per heavy atom. The molecule has 0 aliphatic heterocycles. The summed E-state index contributed by atoms with van der Waals surface area (Å²) in [4.78, 5) is 14.2. The topological polar surface area (TPSA) is 75.8 Å². The molecule has 0 radical (unpaired) electrons. The van der Waals surface area contributed by atoms with Gasteiger partial charge >= 0.3 is 0 Å². The van der Waals surface area contributed by atoms with Crippen LogP contribution in [-0.4, -0.2) is 35.6 Å². The number of aromatic hydroxyl groups is 1. The van der Waals surface area contributed by atoms with Gasteiger partial charge in [-0.05, 0) is 43.9 Å². The van der Waals surface area contributed by atoms with Gasteiger partial charge in [-0.3, -0.25) is 4.79 Å². The quantitative estimate of drug-likeness (QED) is 0.543. The third-order valence-corrected chi connectivity index (χ3v) is 3.43. The normalized spacial score (nSPS) is 10.5. The number of hydrogen-bond acceptors (Lipinski definition) is 4. The number of hydrogen-bond donors (Lipinski definition) is 2. The van der Waals surface area contributed by atoms with Crippen molar-refractivity contribution < 1.29 is 14.6 Å². The highest BCUT2D eigenvalue weighted by Crippen LogP contribution is 2.34. The van der Waals surface area contributed by atoms with Gasteiger partial charge in [0.25, 0.3) is 0 Å². The molecule has 1 aromatic rings. The van der Waals surface area contributed by atoms with Gasteiger partial charge in [0.05, 0.1) is 12.3 Å². The number of nitrogens with two attached hydrogens (primary N) is 1. The van der Waals surface area contributed by atoms with Crippen LogP contribution in [0.25, 0.3) is 0 Å². The first-order valence-corrected chi connectivity index (χ1v) is 8.05. The van der Waals surface area contributed by atoms with Crippen molar-refractivity contribution in [1.29, 1.82) is 0 Å². The zero-order chi connectivity index (χ0) is 16.5. The summed E-state index contributed by atoms with van der Waals surface area (Å²) in [6.45, 7) is 8.05. The third-order valence-electron chi connectivity index (χ3n) is 3.43. The average molecular weight is 308 g/mol. The molecule has 1 rings (SSSR count). The molecule has 1 amide bonds. The van der Waals surface area contributed by atoms with Crippen LogP contribution < -0.4 is 10.5 Å². The highest BCUT2D eigenvalue weighted by molar-refractivity contribution is 5.76. The first-order valence-electron chi connectivity index (χ1n) is 8.05. The number of phenols is 1. The van der Waals surface area contributed by atoms with Gasteiger partial charge in [-0.1, -0.05) is 13.8 Å². The lowest BCUT2D eigenvalue weighted by Gasteiger charge is -2.21. The van der Waals surface area contributed by atoms with Crippen molar-refractivity contribution in [3.63, 3.8) is 0 Å². The van der Waals surface area contributed by atoms with E-state index in [-0.39, 0.29) is 17.3 Å². The Hall–Kier alpha value is -1.91. The maximum Gasteiger partial charge on any atom is 0.222 e. The van der Waals surface area contributed by atoms with Gasteiger partial charge < -0.3 is 20.5 Å². The van der Waals surface area contributed by atoms with Crippen molar-refractivity contribution in [3.05, 3.63) is 17.7 Å². The molecule has 124 valence electrons. The molecule has 0 aromatic heterocycles. The lowest BCUT2D eigenvalue weighted by Crippen LogP contribution is -2.32. The van der Waals surface area contributed by atoms with Crippen LogP contribution in [0.5, 0.6) is 11.5 Å². The minimum Gasteiger partial charge on any atom is -0.503 e. The van der Waals surface area contributed by atoms with E-state index in [4.69, 9.17) is 10.5 Å². The fourth-order valence-electron chi connectivity index (χ4n) is 2.41. The summed E-state index contributed by atoms with van der Waals surface area (Å²) >= 11 is 0. The van der Waals surface area contributed by atoms with E-state index in [9.17, 15) is 9.90 Å². The minimum absolute atomic E-state index is 0.0319. The predicted octanol–water partition coefficient (Wildman–Crippen LogP) is 2.95. The van der Waals surface area contributed by atoms with Gasteiger partial charge in [-0.2, -0.15) is 0 Å². The molecular formula is C17H28N2O3. The maximum absolute atomic E-state index is 12.3. The zero-order valence-corrected chi connectivity index (χ0v) is 13.9. The molecule has 5 heteroatoms. The van der Waals surface area contributed by atoms with E-state index < -0.39 is 0 Å². The van der Waals surface area contributed by atoms with E-state index in [1.807, 2.05) is 11.8 Å². The van der Waals surface area contributed by atoms with Crippen molar-refractivity contribution in [2.75, 3.05) is 25.4 Å². The molecule has 1 aromatic carbocycles. The number of aryl methyl sites for hydroxylation is 1. The largest absolute Gasteiger partial charge is 0.503 e. The van der Waals surface area contributed by atoms with Crippen LogP contribution in [0.3, 0.4) is 0 Å². The van der Waals surface area contributed by atoms with Crippen molar-refractivity contribution in [2.45, 2.75) is 46.5 Å². The average Bonchev–Trinajstić information content (AvgIpc) is 2.49. The van der Waals surface area contributed by atoms with E-state index in [1.54, 1.807) is 12.1 Å². The molecule has 3 N–H and O–H groups in total. The number of carbonyl (C=O) groups excluding carboxylic acids is 1. The SMILES string of the molecule is CCCN(CCC)C(=O)CCc1cc(N)c(O)c(OCC)c1. The second kappa shape index (κ2) is 9.18. The van der Waals surface area contributed by atoms with Gasteiger partial charge in [0.1, 0.15) is 0 Å². The second-order valence-corrected chi connectivity index (χ2v) is 5.35. The predicted molar refractivity (Wildman–Crippen MR) is 89.2 cm³/mol. The number of phenolic OH excluding ortho intramolecular Hbond substituents is 1. The fraction of sp³-hybridized carbons (Fsp3) is 0.588. The summed E-state index contributed by atoms with van der Waals surface area (Å²) in [5.74, 6) is 0.507. The van der Waals surface area contributed by atoms with Crippen LogP contribution in [0.1, 0.15) is 45.6 Å². The standard InChI is InChI=1S/C17H28N2O3/c1-4-9-19(10-5-2)16(20)8-7-13-11-14(18)17(21)15(12-13)22-6-3/h11-12,21H,4-10,18H2,1-3H3. The minimum atomic E-state index is -0.0319.